The fourth-order valence-electron chi connectivity index (χ4n) is 2.03. The van der Waals surface area contributed by atoms with Crippen LogP contribution in [0.5, 0.6) is 0 Å². The molecule has 5 heteroatoms. The molecule has 0 aliphatic carbocycles. The third-order valence-corrected chi connectivity index (χ3v) is 3.48. The SMILES string of the molecule is CC[C@H](C)[C@H](NC(=O)OC(C)(C)C)C(=O)NCc1ccccc1. The summed E-state index contributed by atoms with van der Waals surface area (Å²) >= 11 is 0. The Labute approximate surface area is 138 Å². The van der Waals surface area contributed by atoms with Crippen LogP contribution in [-0.2, 0) is 16.1 Å². The lowest BCUT2D eigenvalue weighted by atomic mass is 9.98. The van der Waals surface area contributed by atoms with Crippen molar-refractivity contribution >= 4 is 12.0 Å². The Kier molecular flexibility index (Phi) is 7.07. The zero-order valence-electron chi connectivity index (χ0n) is 14.7. The van der Waals surface area contributed by atoms with Gasteiger partial charge in [0.1, 0.15) is 11.6 Å². The molecule has 0 unspecified atom stereocenters. The predicted octanol–water partition coefficient (Wildman–Crippen LogP) is 3.24. The van der Waals surface area contributed by atoms with Crippen LogP contribution >= 0.6 is 0 Å². The second-order valence-electron chi connectivity index (χ2n) is 6.71. The highest BCUT2D eigenvalue weighted by Gasteiger charge is 2.27. The van der Waals surface area contributed by atoms with Crippen LogP contribution in [0.15, 0.2) is 30.3 Å². The van der Waals surface area contributed by atoms with Gasteiger partial charge in [-0.25, -0.2) is 4.79 Å². The van der Waals surface area contributed by atoms with Crippen molar-refractivity contribution in [2.45, 2.75) is 59.2 Å². The van der Waals surface area contributed by atoms with Crippen LogP contribution in [0.4, 0.5) is 4.79 Å². The molecule has 0 aromatic heterocycles. The molecule has 128 valence electrons. The number of nitrogens with one attached hydrogen (secondary N) is 2. The summed E-state index contributed by atoms with van der Waals surface area (Å²) in [5.41, 5.74) is 0.422. The van der Waals surface area contributed by atoms with Crippen molar-refractivity contribution in [3.63, 3.8) is 0 Å². The van der Waals surface area contributed by atoms with E-state index in [1.807, 2.05) is 44.2 Å². The number of carbonyl (C=O) groups is 2. The van der Waals surface area contributed by atoms with Gasteiger partial charge in [-0.15, -0.1) is 0 Å². The molecule has 0 aliphatic heterocycles. The summed E-state index contributed by atoms with van der Waals surface area (Å²) in [5, 5.41) is 5.56. The first-order chi connectivity index (χ1) is 10.7. The van der Waals surface area contributed by atoms with E-state index in [2.05, 4.69) is 10.6 Å². The van der Waals surface area contributed by atoms with Crippen LogP contribution in [0.3, 0.4) is 0 Å². The molecule has 1 rings (SSSR count). The van der Waals surface area contributed by atoms with Gasteiger partial charge in [0, 0.05) is 6.54 Å². The predicted molar refractivity (Wildman–Crippen MR) is 90.9 cm³/mol. The molecule has 0 heterocycles. The number of amides is 2. The Bertz CT molecular complexity index is 509. The lowest BCUT2D eigenvalue weighted by Crippen LogP contribution is -2.51. The molecule has 0 saturated heterocycles. The van der Waals surface area contributed by atoms with Crippen molar-refractivity contribution in [2.75, 3.05) is 0 Å². The number of rotatable bonds is 6. The second-order valence-corrected chi connectivity index (χ2v) is 6.71. The van der Waals surface area contributed by atoms with E-state index >= 15 is 0 Å². The van der Waals surface area contributed by atoms with Crippen LogP contribution in [0.25, 0.3) is 0 Å². The van der Waals surface area contributed by atoms with Gasteiger partial charge < -0.3 is 15.4 Å². The Hall–Kier alpha value is -2.04. The number of carbonyl (C=O) groups excluding carboxylic acids is 2. The van der Waals surface area contributed by atoms with E-state index in [1.54, 1.807) is 20.8 Å². The Morgan fingerprint density at radius 1 is 1.17 bits per heavy atom. The van der Waals surface area contributed by atoms with E-state index in [1.165, 1.54) is 0 Å². The van der Waals surface area contributed by atoms with E-state index in [-0.39, 0.29) is 11.8 Å². The molecule has 2 atom stereocenters. The topological polar surface area (TPSA) is 67.4 Å². The van der Waals surface area contributed by atoms with Crippen molar-refractivity contribution in [3.05, 3.63) is 35.9 Å². The third kappa shape index (κ3) is 7.17. The summed E-state index contributed by atoms with van der Waals surface area (Å²) in [7, 11) is 0. The van der Waals surface area contributed by atoms with Crippen molar-refractivity contribution in [1.29, 1.82) is 0 Å². The van der Waals surface area contributed by atoms with Crippen LogP contribution in [0.1, 0.15) is 46.6 Å². The normalized spacial score (nSPS) is 13.8. The van der Waals surface area contributed by atoms with Gasteiger partial charge in [-0.3, -0.25) is 4.79 Å². The Balaban J connectivity index is 2.65. The summed E-state index contributed by atoms with van der Waals surface area (Å²) < 4.78 is 5.25. The number of benzene rings is 1. The first kappa shape index (κ1) is 19.0. The number of hydrogen-bond acceptors (Lipinski definition) is 3. The monoisotopic (exact) mass is 320 g/mol. The van der Waals surface area contributed by atoms with Crippen molar-refractivity contribution in [3.8, 4) is 0 Å². The molecule has 2 amide bonds. The molecule has 0 radical (unpaired) electrons. The van der Waals surface area contributed by atoms with Gasteiger partial charge in [0.15, 0.2) is 0 Å². The summed E-state index contributed by atoms with van der Waals surface area (Å²) in [6, 6.07) is 9.05. The average Bonchev–Trinajstić information content (AvgIpc) is 2.49. The quantitative estimate of drug-likeness (QED) is 0.845. The molecular weight excluding hydrogens is 292 g/mol. The van der Waals surface area contributed by atoms with Crippen LogP contribution in [0.2, 0.25) is 0 Å². The lowest BCUT2D eigenvalue weighted by molar-refractivity contribution is -0.124. The largest absolute Gasteiger partial charge is 0.444 e. The third-order valence-electron chi connectivity index (χ3n) is 3.48. The molecule has 0 spiro atoms. The minimum absolute atomic E-state index is 0.0123. The van der Waals surface area contributed by atoms with Gasteiger partial charge in [-0.1, -0.05) is 50.6 Å². The molecular formula is C18H28N2O3. The van der Waals surface area contributed by atoms with E-state index in [0.717, 1.165) is 12.0 Å². The highest BCUT2D eigenvalue weighted by atomic mass is 16.6. The smallest absolute Gasteiger partial charge is 0.408 e. The van der Waals surface area contributed by atoms with Gasteiger partial charge in [-0.2, -0.15) is 0 Å². The first-order valence-corrected chi connectivity index (χ1v) is 8.04. The zero-order valence-corrected chi connectivity index (χ0v) is 14.7. The van der Waals surface area contributed by atoms with Gasteiger partial charge >= 0.3 is 6.09 Å². The van der Waals surface area contributed by atoms with E-state index in [4.69, 9.17) is 4.74 Å². The number of ether oxygens (including phenoxy) is 1. The van der Waals surface area contributed by atoms with Crippen LogP contribution in [0, 0.1) is 5.92 Å². The second kappa shape index (κ2) is 8.56. The maximum absolute atomic E-state index is 12.4. The molecule has 0 fully saturated rings. The van der Waals surface area contributed by atoms with E-state index in [9.17, 15) is 9.59 Å². The summed E-state index contributed by atoms with van der Waals surface area (Å²) in [5.74, 6) is -0.188. The zero-order chi connectivity index (χ0) is 17.5. The molecule has 0 saturated carbocycles. The molecule has 5 nitrogen and oxygen atoms in total. The average molecular weight is 320 g/mol. The first-order valence-electron chi connectivity index (χ1n) is 8.04. The molecule has 23 heavy (non-hydrogen) atoms. The van der Waals surface area contributed by atoms with Gasteiger partial charge in [0.05, 0.1) is 0 Å². The summed E-state index contributed by atoms with van der Waals surface area (Å²) in [6.07, 6.45) is 0.205. The van der Waals surface area contributed by atoms with Gasteiger partial charge in [0.2, 0.25) is 5.91 Å². The fraction of sp³-hybridized carbons (Fsp3) is 0.556. The Morgan fingerprint density at radius 2 is 1.78 bits per heavy atom. The number of alkyl carbamates (subject to hydrolysis) is 1. The Morgan fingerprint density at radius 3 is 2.30 bits per heavy atom. The molecule has 2 N–H and O–H groups in total. The molecule has 0 aliphatic rings. The van der Waals surface area contributed by atoms with Crippen molar-refractivity contribution in [1.82, 2.24) is 10.6 Å². The molecule has 1 aromatic rings. The highest BCUT2D eigenvalue weighted by molar-refractivity contribution is 5.85. The van der Waals surface area contributed by atoms with E-state index < -0.39 is 17.7 Å². The van der Waals surface area contributed by atoms with Gasteiger partial charge in [0.25, 0.3) is 0 Å². The minimum Gasteiger partial charge on any atom is -0.444 e. The lowest BCUT2D eigenvalue weighted by Gasteiger charge is -2.26. The maximum Gasteiger partial charge on any atom is 0.408 e. The van der Waals surface area contributed by atoms with E-state index in [0.29, 0.717) is 6.54 Å². The van der Waals surface area contributed by atoms with Crippen molar-refractivity contribution < 1.29 is 14.3 Å². The summed E-state index contributed by atoms with van der Waals surface area (Å²) in [6.45, 7) is 9.73. The minimum atomic E-state index is -0.612. The van der Waals surface area contributed by atoms with Crippen LogP contribution < -0.4 is 10.6 Å². The summed E-state index contributed by atoms with van der Waals surface area (Å²) in [4.78, 5) is 24.4. The maximum atomic E-state index is 12.4. The standard InChI is InChI=1S/C18H28N2O3/c1-6-13(2)15(20-17(22)23-18(3,4)5)16(21)19-12-14-10-8-7-9-11-14/h7-11,13,15H,6,12H2,1-5H3,(H,19,21)(H,20,22)/t13-,15-/m0/s1. The highest BCUT2D eigenvalue weighted by Crippen LogP contribution is 2.11. The van der Waals surface area contributed by atoms with Gasteiger partial charge in [-0.05, 0) is 32.3 Å². The van der Waals surface area contributed by atoms with Crippen molar-refractivity contribution in [2.24, 2.45) is 5.92 Å². The fourth-order valence-corrected chi connectivity index (χ4v) is 2.03. The molecule has 1 aromatic carbocycles. The number of hydrogen-bond donors (Lipinski definition) is 2. The van der Waals surface area contributed by atoms with Crippen LogP contribution in [-0.4, -0.2) is 23.6 Å². The molecule has 0 bridgehead atoms.